The number of nitriles is 1. The topological polar surface area (TPSA) is 132 Å². The van der Waals surface area contributed by atoms with Crippen molar-refractivity contribution in [1.29, 1.82) is 5.26 Å². The second kappa shape index (κ2) is 18.7. The van der Waals surface area contributed by atoms with Gasteiger partial charge in [0.2, 0.25) is 5.91 Å². The molecule has 1 N–H and O–H groups in total. The van der Waals surface area contributed by atoms with Gasteiger partial charge in [0.25, 0.3) is 8.53 Å². The second-order valence-corrected chi connectivity index (χ2v) is 14.9. The van der Waals surface area contributed by atoms with Gasteiger partial charge in [0, 0.05) is 25.0 Å². The maximum atomic E-state index is 13.2. The molecule has 2 saturated heterocycles. The zero-order chi connectivity index (χ0) is 38.8. The molecule has 5 rings (SSSR count). The molecule has 12 nitrogen and oxygen atoms in total. The Morgan fingerprint density at radius 1 is 0.944 bits per heavy atom. The van der Waals surface area contributed by atoms with E-state index in [0.717, 1.165) is 16.7 Å². The van der Waals surface area contributed by atoms with Crippen LogP contribution in [0.2, 0.25) is 0 Å². The number of carbonyl (C=O) groups excluding carboxylic acids is 2. The van der Waals surface area contributed by atoms with Crippen LogP contribution < -0.4 is 14.8 Å². The molecule has 54 heavy (non-hydrogen) atoms. The SMILES string of the molecule is C#CC1CN(C2CC(OP(OCCC#N)N(C(C)C)C(C)C)C(COC(c3ccccc3)(c3ccc(OC)cc3)c3ccc(OC)cc3)O2)C(=O)NC1=O. The summed E-state index contributed by atoms with van der Waals surface area (Å²) in [6.07, 6.45) is 3.99. The van der Waals surface area contributed by atoms with Gasteiger partial charge in [0.15, 0.2) is 0 Å². The van der Waals surface area contributed by atoms with E-state index in [9.17, 15) is 14.9 Å². The average Bonchev–Trinajstić information content (AvgIpc) is 3.57. The molecule has 2 fully saturated rings. The predicted octanol–water partition coefficient (Wildman–Crippen LogP) is 6.59. The number of hydrogen-bond donors (Lipinski definition) is 1. The summed E-state index contributed by atoms with van der Waals surface area (Å²) in [6.45, 7) is 8.45. The Balaban J connectivity index is 1.57. The number of rotatable bonds is 17. The van der Waals surface area contributed by atoms with Gasteiger partial charge in [-0.25, -0.2) is 9.46 Å². The van der Waals surface area contributed by atoms with Gasteiger partial charge in [-0.2, -0.15) is 5.26 Å². The van der Waals surface area contributed by atoms with E-state index in [1.807, 2.05) is 78.9 Å². The quantitative estimate of drug-likeness (QED) is 0.0697. The highest BCUT2D eigenvalue weighted by atomic mass is 31.2. The third kappa shape index (κ3) is 9.05. The summed E-state index contributed by atoms with van der Waals surface area (Å²) >= 11 is 0. The second-order valence-electron chi connectivity index (χ2n) is 13.5. The number of hydrogen-bond acceptors (Lipinski definition) is 10. The van der Waals surface area contributed by atoms with Crippen LogP contribution in [0.3, 0.4) is 0 Å². The average molecular weight is 757 g/mol. The lowest BCUT2D eigenvalue weighted by Gasteiger charge is -2.39. The molecule has 3 aromatic carbocycles. The standard InChI is InChI=1S/C41H49N4O8P/c1-8-30-26-44(40(47)43-39(30)46)38-25-36(53-54(51-24-12-23-42)45(28(2)3)29(4)5)37(52-38)27-50-41(31-13-10-9-11-14-31,32-15-19-34(48-6)20-16-32)33-17-21-35(49-7)22-18-33/h1,9-11,13-22,28-30,36-38H,12,24-27H2,2-7H3,(H,43,46,47). The largest absolute Gasteiger partial charge is 0.497 e. The molecular formula is C41H49N4O8P. The van der Waals surface area contributed by atoms with E-state index in [4.69, 9.17) is 34.4 Å². The van der Waals surface area contributed by atoms with Gasteiger partial charge in [-0.3, -0.25) is 15.0 Å². The van der Waals surface area contributed by atoms with E-state index in [0.29, 0.717) is 11.5 Å². The minimum atomic E-state index is -1.69. The van der Waals surface area contributed by atoms with Crippen LogP contribution in [0.25, 0.3) is 0 Å². The molecule has 3 aromatic rings. The van der Waals surface area contributed by atoms with Crippen molar-refractivity contribution in [3.8, 4) is 29.9 Å². The predicted molar refractivity (Wildman–Crippen MR) is 204 cm³/mol. The minimum Gasteiger partial charge on any atom is -0.497 e. The first-order valence-corrected chi connectivity index (χ1v) is 19.2. The maximum Gasteiger partial charge on any atom is 0.326 e. The van der Waals surface area contributed by atoms with Gasteiger partial charge in [-0.05, 0) is 68.7 Å². The van der Waals surface area contributed by atoms with E-state index in [-0.39, 0.29) is 44.7 Å². The molecule has 3 amide bonds. The molecule has 0 saturated carbocycles. The highest BCUT2D eigenvalue weighted by Gasteiger charge is 2.48. The lowest BCUT2D eigenvalue weighted by Crippen LogP contribution is -2.57. The van der Waals surface area contributed by atoms with E-state index >= 15 is 0 Å². The molecule has 2 heterocycles. The molecule has 2 aliphatic heterocycles. The summed E-state index contributed by atoms with van der Waals surface area (Å²) in [5.74, 6) is 2.52. The third-order valence-electron chi connectivity index (χ3n) is 9.44. The molecular weight excluding hydrogens is 707 g/mol. The number of methoxy groups -OCH3 is 2. The molecule has 2 aliphatic rings. The molecule has 13 heteroatoms. The van der Waals surface area contributed by atoms with Crippen LogP contribution in [0.1, 0.15) is 57.2 Å². The third-order valence-corrected chi connectivity index (χ3v) is 11.6. The van der Waals surface area contributed by atoms with Gasteiger partial charge in [0.05, 0.1) is 46.0 Å². The molecule has 0 spiro atoms. The molecule has 0 bridgehead atoms. The summed E-state index contributed by atoms with van der Waals surface area (Å²) in [5.41, 5.74) is 1.40. The maximum absolute atomic E-state index is 13.2. The van der Waals surface area contributed by atoms with Crippen molar-refractivity contribution in [3.63, 3.8) is 0 Å². The first kappa shape index (κ1) is 40.7. The van der Waals surface area contributed by atoms with Crippen molar-refractivity contribution in [2.75, 3.05) is 34.0 Å². The lowest BCUT2D eigenvalue weighted by atomic mass is 9.80. The number of imide groups is 1. The van der Waals surface area contributed by atoms with Crippen LogP contribution in [0.15, 0.2) is 78.9 Å². The number of ether oxygens (including phenoxy) is 4. The Labute approximate surface area is 319 Å². The van der Waals surface area contributed by atoms with Crippen molar-refractivity contribution < 1.29 is 37.6 Å². The van der Waals surface area contributed by atoms with E-state index in [2.05, 4.69) is 49.7 Å². The number of amides is 3. The van der Waals surface area contributed by atoms with Gasteiger partial charge < -0.3 is 28.0 Å². The first-order valence-electron chi connectivity index (χ1n) is 18.0. The number of terminal acetylenes is 1. The Bertz CT molecular complexity index is 1720. The van der Waals surface area contributed by atoms with Crippen molar-refractivity contribution >= 4 is 20.5 Å². The van der Waals surface area contributed by atoms with Crippen molar-refractivity contribution in [1.82, 2.24) is 14.9 Å². The fourth-order valence-corrected chi connectivity index (χ4v) is 8.61. The van der Waals surface area contributed by atoms with Crippen LogP contribution in [0.5, 0.6) is 11.5 Å². The number of nitrogens with zero attached hydrogens (tertiary/aromatic N) is 3. The van der Waals surface area contributed by atoms with Crippen molar-refractivity contribution in [3.05, 3.63) is 95.6 Å². The zero-order valence-corrected chi connectivity index (χ0v) is 32.5. The fourth-order valence-electron chi connectivity index (χ4n) is 6.85. The Kier molecular flexibility index (Phi) is 14.1. The van der Waals surface area contributed by atoms with E-state index in [1.54, 1.807) is 14.2 Å². The highest BCUT2D eigenvalue weighted by Crippen LogP contribution is 2.50. The van der Waals surface area contributed by atoms with Crippen LogP contribution in [-0.4, -0.2) is 86.0 Å². The molecule has 0 radical (unpaired) electrons. The van der Waals surface area contributed by atoms with Gasteiger partial charge in [-0.1, -0.05) is 60.5 Å². The molecule has 0 aliphatic carbocycles. The molecule has 5 atom stereocenters. The number of carbonyl (C=O) groups is 2. The Hall–Kier alpha value is -4.52. The van der Waals surface area contributed by atoms with Gasteiger partial charge >= 0.3 is 6.03 Å². The fraction of sp³-hybridized carbons (Fsp3) is 0.439. The van der Waals surface area contributed by atoms with Crippen LogP contribution in [0.4, 0.5) is 4.79 Å². The van der Waals surface area contributed by atoms with Crippen LogP contribution in [0, 0.1) is 29.6 Å². The molecule has 5 unspecified atom stereocenters. The minimum absolute atomic E-state index is 0.00464. The first-order chi connectivity index (χ1) is 26.1. The summed E-state index contributed by atoms with van der Waals surface area (Å²) in [7, 11) is 1.56. The van der Waals surface area contributed by atoms with Gasteiger partial charge in [0.1, 0.15) is 35.3 Å². The summed E-state index contributed by atoms with van der Waals surface area (Å²) < 4.78 is 40.2. The highest BCUT2D eigenvalue weighted by molar-refractivity contribution is 7.44. The van der Waals surface area contributed by atoms with E-state index in [1.165, 1.54) is 4.90 Å². The monoisotopic (exact) mass is 756 g/mol. The Morgan fingerprint density at radius 2 is 1.52 bits per heavy atom. The normalized spacial score (nSPS) is 20.8. The summed E-state index contributed by atoms with van der Waals surface area (Å²) in [4.78, 5) is 27.1. The van der Waals surface area contributed by atoms with Crippen LogP contribution >= 0.6 is 8.53 Å². The Morgan fingerprint density at radius 3 is 2.04 bits per heavy atom. The summed E-state index contributed by atoms with van der Waals surface area (Å²) in [6, 6.07) is 27.0. The molecule has 286 valence electrons. The van der Waals surface area contributed by atoms with Crippen molar-refractivity contribution in [2.45, 2.75) is 76.7 Å². The number of nitrogens with one attached hydrogen (secondary N) is 1. The lowest BCUT2D eigenvalue weighted by molar-refractivity contribution is -0.128. The molecule has 0 aromatic heterocycles. The smallest absolute Gasteiger partial charge is 0.326 e. The van der Waals surface area contributed by atoms with Crippen LogP contribution in [-0.2, 0) is 28.9 Å². The zero-order valence-electron chi connectivity index (χ0n) is 31.6. The summed E-state index contributed by atoms with van der Waals surface area (Å²) in [5, 5.41) is 11.7. The van der Waals surface area contributed by atoms with E-state index < -0.39 is 50.4 Å². The number of benzene rings is 3. The van der Waals surface area contributed by atoms with Crippen molar-refractivity contribution in [2.24, 2.45) is 5.92 Å². The number of urea groups is 1. The van der Waals surface area contributed by atoms with Gasteiger partial charge in [-0.15, -0.1) is 6.42 Å².